The highest BCUT2D eigenvalue weighted by Crippen LogP contribution is 2.23. The van der Waals surface area contributed by atoms with Crippen LogP contribution in [-0.2, 0) is 0 Å². The predicted molar refractivity (Wildman–Crippen MR) is 93.3 cm³/mol. The van der Waals surface area contributed by atoms with Gasteiger partial charge in [-0.1, -0.05) is 39.4 Å². The van der Waals surface area contributed by atoms with E-state index in [1.165, 1.54) is 11.5 Å². The number of aromatic nitrogens is 2. The normalized spacial score (nSPS) is 18.2. The SMILES string of the molecule is CCCC(C(N)=S)N1CCN(c2nc(C(C)C)ns2)CC1. The van der Waals surface area contributed by atoms with E-state index in [0.717, 1.165) is 50.0 Å². The van der Waals surface area contributed by atoms with Gasteiger partial charge in [0.05, 0.1) is 11.0 Å². The third-order valence-corrected chi connectivity index (χ3v) is 4.93. The standard InChI is InChI=1S/C14H25N5S2/c1-4-5-11(12(15)20)18-6-8-19(9-7-18)14-16-13(10(2)3)17-21-14/h10-11H,4-9H2,1-3H3,(H2,15,20). The Bertz CT molecular complexity index is 466. The first-order valence-electron chi connectivity index (χ1n) is 7.64. The Labute approximate surface area is 136 Å². The first kappa shape index (κ1) is 16.6. The van der Waals surface area contributed by atoms with Gasteiger partial charge >= 0.3 is 0 Å². The van der Waals surface area contributed by atoms with Crippen LogP contribution in [0.5, 0.6) is 0 Å². The van der Waals surface area contributed by atoms with Crippen LogP contribution in [0.1, 0.15) is 45.4 Å². The molecule has 1 aliphatic rings. The summed E-state index contributed by atoms with van der Waals surface area (Å²) in [5.74, 6) is 1.34. The Balaban J connectivity index is 1.94. The Morgan fingerprint density at radius 1 is 1.33 bits per heavy atom. The van der Waals surface area contributed by atoms with Crippen molar-refractivity contribution in [3.63, 3.8) is 0 Å². The molecular weight excluding hydrogens is 302 g/mol. The first-order chi connectivity index (χ1) is 10.0. The molecule has 1 aromatic rings. The molecule has 0 aromatic carbocycles. The van der Waals surface area contributed by atoms with Crippen LogP contribution in [0.2, 0.25) is 0 Å². The topological polar surface area (TPSA) is 58.3 Å². The van der Waals surface area contributed by atoms with E-state index in [-0.39, 0.29) is 6.04 Å². The molecule has 7 heteroatoms. The second-order valence-electron chi connectivity index (χ2n) is 5.82. The summed E-state index contributed by atoms with van der Waals surface area (Å²) < 4.78 is 4.44. The van der Waals surface area contributed by atoms with Gasteiger partial charge in [-0.2, -0.15) is 4.37 Å². The molecule has 5 nitrogen and oxygen atoms in total. The van der Waals surface area contributed by atoms with Crippen molar-refractivity contribution in [3.8, 4) is 0 Å². The molecule has 2 N–H and O–H groups in total. The number of anilines is 1. The zero-order chi connectivity index (χ0) is 15.4. The van der Waals surface area contributed by atoms with E-state index in [4.69, 9.17) is 18.0 Å². The van der Waals surface area contributed by atoms with Crippen LogP contribution in [-0.4, -0.2) is 51.5 Å². The monoisotopic (exact) mass is 327 g/mol. The molecule has 1 unspecified atom stereocenters. The van der Waals surface area contributed by atoms with Gasteiger partial charge in [-0.05, 0) is 6.42 Å². The van der Waals surface area contributed by atoms with Crippen LogP contribution in [0.3, 0.4) is 0 Å². The van der Waals surface area contributed by atoms with Crippen LogP contribution < -0.4 is 10.6 Å². The molecule has 1 aromatic heterocycles. The summed E-state index contributed by atoms with van der Waals surface area (Å²) in [5, 5.41) is 1.04. The van der Waals surface area contributed by atoms with E-state index >= 15 is 0 Å². The van der Waals surface area contributed by atoms with Gasteiger partial charge in [0.25, 0.3) is 0 Å². The summed E-state index contributed by atoms with van der Waals surface area (Å²) >= 11 is 6.73. The third-order valence-electron chi connectivity index (χ3n) is 3.86. The van der Waals surface area contributed by atoms with E-state index in [1.807, 2.05) is 0 Å². The highest BCUT2D eigenvalue weighted by atomic mass is 32.1. The summed E-state index contributed by atoms with van der Waals surface area (Å²) in [5.41, 5.74) is 5.89. The maximum absolute atomic E-state index is 5.89. The second kappa shape index (κ2) is 7.47. The number of piperazine rings is 1. The zero-order valence-corrected chi connectivity index (χ0v) is 14.7. The molecule has 1 aliphatic heterocycles. The summed E-state index contributed by atoms with van der Waals surface area (Å²) in [7, 11) is 0. The van der Waals surface area contributed by atoms with Gasteiger partial charge in [-0.15, -0.1) is 0 Å². The Hall–Kier alpha value is -0.790. The molecule has 21 heavy (non-hydrogen) atoms. The fourth-order valence-electron chi connectivity index (χ4n) is 2.59. The van der Waals surface area contributed by atoms with Crippen LogP contribution in [0, 0.1) is 0 Å². The van der Waals surface area contributed by atoms with Gasteiger partial charge in [-0.25, -0.2) is 4.98 Å². The number of nitrogens with two attached hydrogens (primary N) is 1. The van der Waals surface area contributed by atoms with Crippen molar-refractivity contribution < 1.29 is 0 Å². The number of rotatable bonds is 6. The minimum absolute atomic E-state index is 0.243. The summed E-state index contributed by atoms with van der Waals surface area (Å²) in [6.07, 6.45) is 2.15. The van der Waals surface area contributed by atoms with Crippen molar-refractivity contribution >= 4 is 33.9 Å². The van der Waals surface area contributed by atoms with Gasteiger partial charge in [0.1, 0.15) is 5.82 Å². The fraction of sp³-hybridized carbons (Fsp3) is 0.786. The lowest BCUT2D eigenvalue weighted by molar-refractivity contribution is 0.219. The Kier molecular flexibility index (Phi) is 5.89. The molecule has 1 fully saturated rings. The average Bonchev–Trinajstić information content (AvgIpc) is 2.94. The lowest BCUT2D eigenvalue weighted by atomic mass is 10.1. The number of nitrogens with zero attached hydrogens (tertiary/aromatic N) is 4. The molecule has 0 saturated carbocycles. The smallest absolute Gasteiger partial charge is 0.205 e. The molecule has 2 rings (SSSR count). The van der Waals surface area contributed by atoms with Gasteiger partial charge in [0, 0.05) is 43.6 Å². The number of hydrogen-bond acceptors (Lipinski definition) is 6. The molecule has 2 heterocycles. The molecule has 0 bridgehead atoms. The maximum Gasteiger partial charge on any atom is 0.205 e. The van der Waals surface area contributed by atoms with Gasteiger partial charge in [0.2, 0.25) is 5.13 Å². The largest absolute Gasteiger partial charge is 0.392 e. The lowest BCUT2D eigenvalue weighted by Gasteiger charge is -2.38. The highest BCUT2D eigenvalue weighted by molar-refractivity contribution is 7.80. The maximum atomic E-state index is 5.89. The minimum atomic E-state index is 0.243. The van der Waals surface area contributed by atoms with E-state index in [1.54, 1.807) is 0 Å². The van der Waals surface area contributed by atoms with Crippen molar-refractivity contribution in [1.29, 1.82) is 0 Å². The summed E-state index contributed by atoms with van der Waals surface area (Å²) in [4.78, 5) is 10.00. The second-order valence-corrected chi connectivity index (χ2v) is 7.02. The van der Waals surface area contributed by atoms with Crippen molar-refractivity contribution in [2.24, 2.45) is 5.73 Å². The van der Waals surface area contributed by atoms with Gasteiger partial charge in [0.15, 0.2) is 0 Å². The average molecular weight is 328 g/mol. The quantitative estimate of drug-likeness (QED) is 0.809. The molecule has 118 valence electrons. The molecule has 0 aliphatic carbocycles. The molecule has 0 amide bonds. The minimum Gasteiger partial charge on any atom is -0.392 e. The fourth-order valence-corrected chi connectivity index (χ4v) is 3.72. The van der Waals surface area contributed by atoms with E-state index in [2.05, 4.69) is 39.9 Å². The highest BCUT2D eigenvalue weighted by Gasteiger charge is 2.26. The molecule has 0 radical (unpaired) electrons. The molecule has 1 saturated heterocycles. The summed E-state index contributed by atoms with van der Waals surface area (Å²) in [6, 6.07) is 0.243. The zero-order valence-electron chi connectivity index (χ0n) is 13.1. The van der Waals surface area contributed by atoms with Crippen molar-refractivity contribution in [2.75, 3.05) is 31.1 Å². The predicted octanol–water partition coefficient (Wildman–Crippen LogP) is 2.24. The number of hydrogen-bond donors (Lipinski definition) is 1. The summed E-state index contributed by atoms with van der Waals surface area (Å²) in [6.45, 7) is 10.3. The first-order valence-corrected chi connectivity index (χ1v) is 8.83. The van der Waals surface area contributed by atoms with Crippen LogP contribution in [0.4, 0.5) is 5.13 Å². The molecule has 0 spiro atoms. The Morgan fingerprint density at radius 3 is 2.48 bits per heavy atom. The van der Waals surface area contributed by atoms with E-state index in [0.29, 0.717) is 10.9 Å². The lowest BCUT2D eigenvalue weighted by Crippen LogP contribution is -2.53. The van der Waals surface area contributed by atoms with Crippen molar-refractivity contribution in [2.45, 2.75) is 45.6 Å². The Morgan fingerprint density at radius 2 is 2.00 bits per heavy atom. The third kappa shape index (κ3) is 4.11. The van der Waals surface area contributed by atoms with Crippen molar-refractivity contribution in [1.82, 2.24) is 14.3 Å². The van der Waals surface area contributed by atoms with Gasteiger partial charge in [-0.3, -0.25) is 4.90 Å². The number of thiocarbonyl (C=S) groups is 1. The van der Waals surface area contributed by atoms with Crippen LogP contribution in [0.15, 0.2) is 0 Å². The van der Waals surface area contributed by atoms with E-state index < -0.39 is 0 Å². The van der Waals surface area contributed by atoms with E-state index in [9.17, 15) is 0 Å². The molecular formula is C14H25N5S2. The van der Waals surface area contributed by atoms with Crippen LogP contribution >= 0.6 is 23.8 Å². The van der Waals surface area contributed by atoms with Crippen LogP contribution in [0.25, 0.3) is 0 Å². The van der Waals surface area contributed by atoms with Crippen molar-refractivity contribution in [3.05, 3.63) is 5.82 Å². The van der Waals surface area contributed by atoms with Gasteiger partial charge < -0.3 is 10.6 Å². The molecule has 1 atom stereocenters.